The molecule has 1 aromatic carbocycles. The molecular weight excluding hydrogens is 320 g/mol. The van der Waals surface area contributed by atoms with Gasteiger partial charge in [-0.05, 0) is 51.0 Å². The molecule has 0 spiro atoms. The maximum Gasteiger partial charge on any atom is 0.323 e. The van der Waals surface area contributed by atoms with Crippen molar-refractivity contribution in [2.45, 2.75) is 43.7 Å². The van der Waals surface area contributed by atoms with E-state index in [1.807, 2.05) is 0 Å². The number of hydrogen-bond donors (Lipinski definition) is 2. The van der Waals surface area contributed by atoms with E-state index in [1.54, 1.807) is 13.8 Å². The van der Waals surface area contributed by atoms with Crippen LogP contribution in [-0.4, -0.2) is 48.9 Å². The second-order valence-corrected chi connectivity index (χ2v) is 7.55. The number of nitrogens with one attached hydrogen (secondary N) is 1. The zero-order valence-corrected chi connectivity index (χ0v) is 13.8. The van der Waals surface area contributed by atoms with E-state index in [1.165, 1.54) is 29.2 Å². The molecule has 0 aliphatic heterocycles. The highest BCUT2D eigenvalue weighted by molar-refractivity contribution is 7.89. The monoisotopic (exact) mass is 340 g/mol. The smallest absolute Gasteiger partial charge is 0.323 e. The van der Waals surface area contributed by atoms with Crippen molar-refractivity contribution in [1.29, 1.82) is 0 Å². The van der Waals surface area contributed by atoms with Gasteiger partial charge in [0.25, 0.3) is 5.91 Å². The number of carbonyl (C=O) groups is 2. The van der Waals surface area contributed by atoms with Crippen LogP contribution in [0.1, 0.15) is 37.0 Å². The SMILES string of the molecule is CC(C)N(CC(=O)O)C(=O)c1ccc(S(=O)(=O)NC2CC2)cc1. The molecule has 1 fully saturated rings. The van der Waals surface area contributed by atoms with E-state index in [4.69, 9.17) is 5.11 Å². The Kier molecular flexibility index (Phi) is 5.06. The van der Waals surface area contributed by atoms with Crippen LogP contribution < -0.4 is 4.72 Å². The summed E-state index contributed by atoms with van der Waals surface area (Å²) in [6.07, 6.45) is 1.68. The van der Waals surface area contributed by atoms with Gasteiger partial charge in [-0.3, -0.25) is 9.59 Å². The number of carbonyl (C=O) groups excluding carboxylic acids is 1. The third-order valence-electron chi connectivity index (χ3n) is 3.50. The molecule has 8 heteroatoms. The van der Waals surface area contributed by atoms with Crippen molar-refractivity contribution in [2.75, 3.05) is 6.54 Å². The molecule has 0 atom stereocenters. The number of aliphatic carboxylic acids is 1. The van der Waals surface area contributed by atoms with Gasteiger partial charge in [0.1, 0.15) is 6.54 Å². The number of carboxylic acids is 1. The Morgan fingerprint density at radius 1 is 1.26 bits per heavy atom. The quantitative estimate of drug-likeness (QED) is 0.772. The topological polar surface area (TPSA) is 104 Å². The van der Waals surface area contributed by atoms with Crippen LogP contribution in [0.25, 0.3) is 0 Å². The summed E-state index contributed by atoms with van der Waals surface area (Å²) in [4.78, 5) is 24.5. The van der Waals surface area contributed by atoms with Gasteiger partial charge < -0.3 is 10.0 Å². The standard InChI is InChI=1S/C15H20N2O5S/c1-10(2)17(9-14(18)19)15(20)11-3-7-13(8-4-11)23(21,22)16-12-5-6-12/h3-4,7-8,10,12,16H,5-6,9H2,1-2H3,(H,18,19). The fraction of sp³-hybridized carbons (Fsp3) is 0.467. The van der Waals surface area contributed by atoms with Crippen molar-refractivity contribution < 1.29 is 23.1 Å². The summed E-state index contributed by atoms with van der Waals surface area (Å²) >= 11 is 0. The number of carboxylic acid groups (broad SMARTS) is 1. The first kappa shape index (κ1) is 17.4. The van der Waals surface area contributed by atoms with E-state index in [0.717, 1.165) is 12.8 Å². The molecule has 2 N–H and O–H groups in total. The molecule has 2 rings (SSSR count). The summed E-state index contributed by atoms with van der Waals surface area (Å²) in [7, 11) is -3.56. The minimum absolute atomic E-state index is 0.00769. The molecule has 1 saturated carbocycles. The first-order valence-electron chi connectivity index (χ1n) is 7.36. The summed E-state index contributed by atoms with van der Waals surface area (Å²) in [5, 5.41) is 8.89. The molecule has 1 aliphatic carbocycles. The maximum atomic E-state index is 12.4. The molecule has 126 valence electrons. The van der Waals surface area contributed by atoms with Crippen molar-refractivity contribution in [3.63, 3.8) is 0 Å². The van der Waals surface area contributed by atoms with Gasteiger partial charge in [0, 0.05) is 17.6 Å². The van der Waals surface area contributed by atoms with Crippen LogP contribution in [0.3, 0.4) is 0 Å². The Morgan fingerprint density at radius 3 is 2.26 bits per heavy atom. The van der Waals surface area contributed by atoms with Crippen molar-refractivity contribution in [3.8, 4) is 0 Å². The predicted octanol–water partition coefficient (Wildman–Crippen LogP) is 1.06. The van der Waals surface area contributed by atoms with Crippen LogP contribution in [0.15, 0.2) is 29.2 Å². The fourth-order valence-electron chi connectivity index (χ4n) is 2.07. The van der Waals surface area contributed by atoms with Crippen molar-refractivity contribution >= 4 is 21.9 Å². The number of sulfonamides is 1. The van der Waals surface area contributed by atoms with E-state index in [-0.39, 0.29) is 22.5 Å². The van der Waals surface area contributed by atoms with Crippen LogP contribution in [0, 0.1) is 0 Å². The summed E-state index contributed by atoms with van der Waals surface area (Å²) in [6.45, 7) is 3.04. The highest BCUT2D eigenvalue weighted by Gasteiger charge is 2.28. The lowest BCUT2D eigenvalue weighted by Crippen LogP contribution is -2.40. The molecule has 0 saturated heterocycles. The normalized spacial score (nSPS) is 14.7. The molecule has 0 bridgehead atoms. The molecule has 23 heavy (non-hydrogen) atoms. The van der Waals surface area contributed by atoms with Gasteiger partial charge >= 0.3 is 5.97 Å². The minimum Gasteiger partial charge on any atom is -0.480 e. The zero-order chi connectivity index (χ0) is 17.2. The van der Waals surface area contributed by atoms with Crippen LogP contribution in [-0.2, 0) is 14.8 Å². The van der Waals surface area contributed by atoms with Gasteiger partial charge in [-0.2, -0.15) is 0 Å². The molecule has 0 unspecified atom stereocenters. The van der Waals surface area contributed by atoms with Gasteiger partial charge in [0.15, 0.2) is 0 Å². The van der Waals surface area contributed by atoms with Gasteiger partial charge in [-0.1, -0.05) is 0 Å². The van der Waals surface area contributed by atoms with Crippen molar-refractivity contribution in [1.82, 2.24) is 9.62 Å². The minimum atomic E-state index is -3.56. The van der Waals surface area contributed by atoms with Crippen LogP contribution >= 0.6 is 0 Å². The lowest BCUT2D eigenvalue weighted by atomic mass is 10.1. The van der Waals surface area contributed by atoms with Gasteiger partial charge in [-0.15, -0.1) is 0 Å². The van der Waals surface area contributed by atoms with Crippen LogP contribution in [0.4, 0.5) is 0 Å². The van der Waals surface area contributed by atoms with E-state index < -0.39 is 28.4 Å². The van der Waals surface area contributed by atoms with E-state index in [9.17, 15) is 18.0 Å². The van der Waals surface area contributed by atoms with E-state index >= 15 is 0 Å². The van der Waals surface area contributed by atoms with Gasteiger partial charge in [0.2, 0.25) is 10.0 Å². The second-order valence-electron chi connectivity index (χ2n) is 5.84. The largest absolute Gasteiger partial charge is 0.480 e. The van der Waals surface area contributed by atoms with Gasteiger partial charge in [-0.25, -0.2) is 13.1 Å². The maximum absolute atomic E-state index is 12.4. The Hall–Kier alpha value is -1.93. The second kappa shape index (κ2) is 6.67. The fourth-order valence-corrected chi connectivity index (χ4v) is 3.37. The molecule has 1 amide bonds. The van der Waals surface area contributed by atoms with Crippen LogP contribution in [0.2, 0.25) is 0 Å². The first-order valence-corrected chi connectivity index (χ1v) is 8.84. The summed E-state index contributed by atoms with van der Waals surface area (Å²) < 4.78 is 26.7. The number of hydrogen-bond acceptors (Lipinski definition) is 4. The molecular formula is C15H20N2O5S. The predicted molar refractivity (Wildman–Crippen MR) is 83.6 cm³/mol. The highest BCUT2D eigenvalue weighted by Crippen LogP contribution is 2.22. The Morgan fingerprint density at radius 2 is 1.83 bits per heavy atom. The van der Waals surface area contributed by atoms with Crippen LogP contribution in [0.5, 0.6) is 0 Å². The average Bonchev–Trinajstić information content (AvgIpc) is 3.27. The molecule has 0 radical (unpaired) electrons. The molecule has 1 aromatic rings. The van der Waals surface area contributed by atoms with Gasteiger partial charge in [0.05, 0.1) is 4.90 Å². The lowest BCUT2D eigenvalue weighted by molar-refractivity contribution is -0.138. The number of benzene rings is 1. The van der Waals surface area contributed by atoms with E-state index in [0.29, 0.717) is 0 Å². The van der Waals surface area contributed by atoms with Crippen molar-refractivity contribution in [3.05, 3.63) is 29.8 Å². The number of amides is 1. The highest BCUT2D eigenvalue weighted by atomic mass is 32.2. The Labute approximate surface area is 135 Å². The summed E-state index contributed by atoms with van der Waals surface area (Å²) in [5.74, 6) is -1.54. The Bertz CT molecular complexity index is 693. The Balaban J connectivity index is 2.17. The third kappa shape index (κ3) is 4.52. The molecule has 0 aromatic heterocycles. The molecule has 0 heterocycles. The third-order valence-corrected chi connectivity index (χ3v) is 5.04. The summed E-state index contributed by atoms with van der Waals surface area (Å²) in [5.41, 5.74) is 0.255. The molecule has 1 aliphatic rings. The lowest BCUT2D eigenvalue weighted by Gasteiger charge is -2.25. The zero-order valence-electron chi connectivity index (χ0n) is 13.0. The van der Waals surface area contributed by atoms with E-state index in [2.05, 4.69) is 4.72 Å². The summed E-state index contributed by atoms with van der Waals surface area (Å²) in [6, 6.07) is 5.25. The molecule has 7 nitrogen and oxygen atoms in total. The average molecular weight is 340 g/mol. The number of rotatable bonds is 7. The first-order chi connectivity index (χ1) is 10.7. The number of nitrogens with zero attached hydrogens (tertiary/aromatic N) is 1. The van der Waals surface area contributed by atoms with Crippen molar-refractivity contribution in [2.24, 2.45) is 0 Å².